The first-order chi connectivity index (χ1) is 15.4. The maximum atomic E-state index is 13.1. The van der Waals surface area contributed by atoms with Crippen molar-refractivity contribution in [3.8, 4) is 11.5 Å². The van der Waals surface area contributed by atoms with Gasteiger partial charge in [-0.15, -0.1) is 0 Å². The quantitative estimate of drug-likeness (QED) is 0.366. The van der Waals surface area contributed by atoms with Crippen molar-refractivity contribution < 1.29 is 14.6 Å². The fourth-order valence-corrected chi connectivity index (χ4v) is 5.34. The van der Waals surface area contributed by atoms with Crippen LogP contribution in [0.5, 0.6) is 11.5 Å². The third-order valence-corrected chi connectivity index (χ3v) is 7.08. The van der Waals surface area contributed by atoms with Gasteiger partial charge in [-0.2, -0.15) is 0 Å². The molecule has 4 aromatic rings. The molecule has 2 aliphatic rings. The molecule has 0 amide bonds. The number of aromatic hydroxyl groups is 1. The Bertz CT molecular complexity index is 1450. The fraction of sp³-hybridized carbons (Fsp3) is 0.207. The lowest BCUT2D eigenvalue weighted by atomic mass is 9.69. The number of benzene rings is 4. The topological polar surface area (TPSA) is 46.5 Å². The molecule has 4 aromatic carbocycles. The lowest BCUT2D eigenvalue weighted by Crippen LogP contribution is -2.34. The van der Waals surface area contributed by atoms with E-state index in [4.69, 9.17) is 4.74 Å². The average molecular weight is 421 g/mol. The van der Waals surface area contributed by atoms with Crippen molar-refractivity contribution in [2.75, 3.05) is 0 Å². The molecule has 1 N–H and O–H groups in total. The third-order valence-electron chi connectivity index (χ3n) is 7.08. The minimum absolute atomic E-state index is 0.106. The van der Waals surface area contributed by atoms with Crippen LogP contribution in [0.25, 0.3) is 21.5 Å². The van der Waals surface area contributed by atoms with Gasteiger partial charge in [-0.1, -0.05) is 68.4 Å². The molecule has 3 nitrogen and oxygen atoms in total. The number of carbonyl (C=O) groups is 1. The summed E-state index contributed by atoms with van der Waals surface area (Å²) in [7, 11) is 0. The first-order valence-corrected chi connectivity index (χ1v) is 11.1. The van der Waals surface area contributed by atoms with Crippen LogP contribution in [-0.2, 0) is 4.79 Å². The second-order valence-corrected chi connectivity index (χ2v) is 9.60. The average Bonchev–Trinajstić information content (AvgIpc) is 2.78. The molecule has 0 spiro atoms. The van der Waals surface area contributed by atoms with Crippen LogP contribution in [0.1, 0.15) is 43.7 Å². The normalized spacial score (nSPS) is 19.6. The Morgan fingerprint density at radius 3 is 2.53 bits per heavy atom. The number of Topliss-reactive ketones (excluding diaryl/α,β-unsaturated/α-hetero) is 1. The monoisotopic (exact) mass is 420 g/mol. The Labute approximate surface area is 187 Å². The Hall–Kier alpha value is -3.59. The van der Waals surface area contributed by atoms with Gasteiger partial charge in [0, 0.05) is 29.7 Å². The molecule has 0 saturated heterocycles. The van der Waals surface area contributed by atoms with Crippen LogP contribution in [0.4, 0.5) is 0 Å². The maximum Gasteiger partial charge on any atom is 0.143 e. The number of hydrogen-bond donors (Lipinski definition) is 1. The van der Waals surface area contributed by atoms with Crippen LogP contribution in [-0.4, -0.2) is 10.9 Å². The molecule has 0 fully saturated rings. The van der Waals surface area contributed by atoms with Gasteiger partial charge in [0.05, 0.1) is 0 Å². The summed E-state index contributed by atoms with van der Waals surface area (Å²) in [5.74, 6) is 2.09. The van der Waals surface area contributed by atoms with Crippen molar-refractivity contribution in [2.45, 2.75) is 32.6 Å². The first kappa shape index (κ1) is 19.1. The largest absolute Gasteiger partial charge is 0.508 e. The van der Waals surface area contributed by atoms with E-state index in [2.05, 4.69) is 42.5 Å². The molecular weight excluding hydrogens is 396 g/mol. The second-order valence-electron chi connectivity index (χ2n) is 9.60. The van der Waals surface area contributed by atoms with Crippen LogP contribution in [0, 0.1) is 5.41 Å². The number of allylic oxidation sites excluding steroid dienone is 2. The molecule has 0 saturated carbocycles. The van der Waals surface area contributed by atoms with Crippen molar-refractivity contribution in [1.29, 1.82) is 0 Å². The van der Waals surface area contributed by atoms with Crippen LogP contribution in [0.15, 0.2) is 84.1 Å². The van der Waals surface area contributed by atoms with Crippen molar-refractivity contribution in [2.24, 2.45) is 5.41 Å². The number of carbonyl (C=O) groups excluding carboxylic acids is 1. The van der Waals surface area contributed by atoms with Crippen molar-refractivity contribution in [3.63, 3.8) is 0 Å². The minimum atomic E-state index is -0.436. The van der Waals surface area contributed by atoms with Gasteiger partial charge in [-0.25, -0.2) is 0 Å². The zero-order chi connectivity index (χ0) is 22.0. The van der Waals surface area contributed by atoms with E-state index < -0.39 is 5.41 Å². The van der Waals surface area contributed by atoms with E-state index in [0.29, 0.717) is 12.8 Å². The Kier molecular flexibility index (Phi) is 4.00. The smallest absolute Gasteiger partial charge is 0.143 e. The molecular formula is C29H24O3. The van der Waals surface area contributed by atoms with Crippen LogP contribution in [0.3, 0.4) is 0 Å². The van der Waals surface area contributed by atoms with E-state index in [1.165, 1.54) is 16.3 Å². The molecule has 1 aliphatic heterocycles. The van der Waals surface area contributed by atoms with Gasteiger partial charge in [0.1, 0.15) is 23.0 Å². The number of rotatable bonds is 1. The van der Waals surface area contributed by atoms with E-state index in [1.54, 1.807) is 6.07 Å². The number of phenolic OH excluding ortho intramolecular Hbond substituents is 1. The molecule has 0 radical (unpaired) electrons. The minimum Gasteiger partial charge on any atom is -0.508 e. The molecule has 1 atom stereocenters. The predicted molar refractivity (Wildman–Crippen MR) is 127 cm³/mol. The summed E-state index contributed by atoms with van der Waals surface area (Å²) in [4.78, 5) is 13.1. The highest BCUT2D eigenvalue weighted by Crippen LogP contribution is 2.53. The van der Waals surface area contributed by atoms with E-state index in [0.717, 1.165) is 33.4 Å². The number of ketones is 1. The molecule has 158 valence electrons. The van der Waals surface area contributed by atoms with Gasteiger partial charge in [0.25, 0.3) is 0 Å². The van der Waals surface area contributed by atoms with Gasteiger partial charge in [-0.3, -0.25) is 4.79 Å². The van der Waals surface area contributed by atoms with Crippen molar-refractivity contribution in [3.05, 3.63) is 95.3 Å². The summed E-state index contributed by atoms with van der Waals surface area (Å²) in [6.45, 7) is 4.01. The van der Waals surface area contributed by atoms with Crippen LogP contribution < -0.4 is 4.74 Å². The summed E-state index contributed by atoms with van der Waals surface area (Å²) in [5.41, 5.74) is 2.81. The number of ether oxygens (including phenoxy) is 1. The summed E-state index contributed by atoms with van der Waals surface area (Å²) in [5, 5.41) is 14.6. The summed E-state index contributed by atoms with van der Waals surface area (Å²) in [6, 6.07) is 24.3. The molecule has 3 heteroatoms. The van der Waals surface area contributed by atoms with E-state index in [-0.39, 0.29) is 17.5 Å². The molecule has 6 rings (SSSR count). The van der Waals surface area contributed by atoms with Gasteiger partial charge in [-0.05, 0) is 50.9 Å². The molecule has 1 aliphatic carbocycles. The predicted octanol–water partition coefficient (Wildman–Crippen LogP) is 6.87. The highest BCUT2D eigenvalue weighted by molar-refractivity contribution is 5.95. The lowest BCUT2D eigenvalue weighted by Gasteiger charge is -2.39. The van der Waals surface area contributed by atoms with Crippen LogP contribution in [0.2, 0.25) is 0 Å². The maximum absolute atomic E-state index is 13.1. The number of phenols is 1. The third kappa shape index (κ3) is 2.77. The van der Waals surface area contributed by atoms with Crippen LogP contribution >= 0.6 is 0 Å². The molecule has 32 heavy (non-hydrogen) atoms. The van der Waals surface area contributed by atoms with Crippen molar-refractivity contribution >= 4 is 27.3 Å². The molecule has 1 unspecified atom stereocenters. The van der Waals surface area contributed by atoms with Gasteiger partial charge in [0.15, 0.2) is 0 Å². The fourth-order valence-electron chi connectivity index (χ4n) is 5.34. The standard InChI is InChI=1S/C29H24O3/c1-29(2)16-25-23(15-26(29)31)27(21-9-5-7-17-6-3-4-8-20(17)21)28-22-14-19(30)12-10-18(22)11-13-24(28)32-25/h3-14,27,30H,15-16H2,1-2H3. The Morgan fingerprint density at radius 2 is 1.66 bits per heavy atom. The zero-order valence-corrected chi connectivity index (χ0v) is 18.2. The second kappa shape index (κ2) is 6.70. The number of hydrogen-bond acceptors (Lipinski definition) is 3. The van der Waals surface area contributed by atoms with E-state index >= 15 is 0 Å². The molecule has 0 aromatic heterocycles. The molecule has 0 bridgehead atoms. The first-order valence-electron chi connectivity index (χ1n) is 11.1. The number of fused-ring (bicyclic) bond motifs is 4. The molecule has 1 heterocycles. The zero-order valence-electron chi connectivity index (χ0n) is 18.2. The van der Waals surface area contributed by atoms with Gasteiger partial charge >= 0.3 is 0 Å². The van der Waals surface area contributed by atoms with Crippen molar-refractivity contribution in [1.82, 2.24) is 0 Å². The highest BCUT2D eigenvalue weighted by Gasteiger charge is 2.42. The SMILES string of the molecule is CC1(C)CC2=C(CC1=O)C(c1cccc3ccccc13)c1c(ccc3ccc(O)cc13)O2. The lowest BCUT2D eigenvalue weighted by molar-refractivity contribution is -0.127. The van der Waals surface area contributed by atoms with Gasteiger partial charge in [0.2, 0.25) is 0 Å². The van der Waals surface area contributed by atoms with E-state index in [1.807, 2.05) is 38.1 Å². The Morgan fingerprint density at radius 1 is 0.906 bits per heavy atom. The highest BCUT2D eigenvalue weighted by atomic mass is 16.5. The summed E-state index contributed by atoms with van der Waals surface area (Å²) >= 11 is 0. The summed E-state index contributed by atoms with van der Waals surface area (Å²) in [6.07, 6.45) is 0.977. The van der Waals surface area contributed by atoms with Gasteiger partial charge < -0.3 is 9.84 Å². The summed E-state index contributed by atoms with van der Waals surface area (Å²) < 4.78 is 6.48. The van der Waals surface area contributed by atoms with E-state index in [9.17, 15) is 9.90 Å². The Balaban J connectivity index is 1.70.